The molecule has 0 radical (unpaired) electrons. The van der Waals surface area contributed by atoms with Gasteiger partial charge in [0.15, 0.2) is 0 Å². The summed E-state index contributed by atoms with van der Waals surface area (Å²) in [7, 11) is 0. The molecule has 3 rings (SSSR count). The van der Waals surface area contributed by atoms with Crippen LogP contribution in [0.25, 0.3) is 11.6 Å². The summed E-state index contributed by atoms with van der Waals surface area (Å²) >= 11 is 1.19. The van der Waals surface area contributed by atoms with Crippen molar-refractivity contribution < 1.29 is 9.21 Å². The highest BCUT2D eigenvalue weighted by Gasteiger charge is 2.14. The lowest BCUT2D eigenvalue weighted by Crippen LogP contribution is -2.15. The molecule has 0 fully saturated rings. The molecular weight excluding hydrogens is 348 g/mol. The van der Waals surface area contributed by atoms with Gasteiger partial charge in [0.25, 0.3) is 11.1 Å². The molecule has 2 aromatic heterocycles. The number of carbonyl (C=O) groups excluding carboxylic acids is 1. The highest BCUT2D eigenvalue weighted by atomic mass is 32.2. The molecule has 3 aromatic rings. The van der Waals surface area contributed by atoms with Gasteiger partial charge in [-0.05, 0) is 35.2 Å². The van der Waals surface area contributed by atoms with Crippen LogP contribution in [-0.2, 0) is 10.2 Å². The van der Waals surface area contributed by atoms with Crippen molar-refractivity contribution in [2.45, 2.75) is 31.4 Å². The van der Waals surface area contributed by atoms with E-state index in [1.807, 2.05) is 36.4 Å². The predicted molar refractivity (Wildman–Crippen MR) is 102 cm³/mol. The molecule has 0 bridgehead atoms. The second-order valence-corrected chi connectivity index (χ2v) is 7.68. The molecule has 1 aromatic carbocycles. The molecule has 0 spiro atoms. The number of pyridine rings is 1. The topological polar surface area (TPSA) is 80.9 Å². The van der Waals surface area contributed by atoms with Gasteiger partial charge in [-0.2, -0.15) is 0 Å². The van der Waals surface area contributed by atoms with E-state index in [0.29, 0.717) is 16.8 Å². The first kappa shape index (κ1) is 18.1. The number of benzene rings is 1. The SMILES string of the molecule is CC(C)(C)c1ccc(NC(=O)CSc2nnc(-c3ccccn3)o2)cc1. The van der Waals surface area contributed by atoms with E-state index in [1.165, 1.54) is 17.3 Å². The zero-order valence-electron chi connectivity index (χ0n) is 14.9. The standard InChI is InChI=1S/C19H20N4O2S/c1-19(2,3)13-7-9-14(10-8-13)21-16(24)12-26-18-23-22-17(25-18)15-6-4-5-11-20-15/h4-11H,12H2,1-3H3,(H,21,24). The molecule has 0 saturated carbocycles. The van der Waals surface area contributed by atoms with E-state index >= 15 is 0 Å². The summed E-state index contributed by atoms with van der Waals surface area (Å²) < 4.78 is 5.52. The number of rotatable bonds is 5. The van der Waals surface area contributed by atoms with Gasteiger partial charge in [0.05, 0.1) is 5.75 Å². The third-order valence-electron chi connectivity index (χ3n) is 3.65. The average molecular weight is 368 g/mol. The molecular formula is C19H20N4O2S. The summed E-state index contributed by atoms with van der Waals surface area (Å²) in [5, 5.41) is 11.1. The van der Waals surface area contributed by atoms with Gasteiger partial charge in [-0.25, -0.2) is 0 Å². The van der Waals surface area contributed by atoms with Crippen LogP contribution in [0.1, 0.15) is 26.3 Å². The van der Waals surface area contributed by atoms with Crippen LogP contribution in [0.5, 0.6) is 0 Å². The summed E-state index contributed by atoms with van der Waals surface area (Å²) in [6, 6.07) is 13.3. The van der Waals surface area contributed by atoms with Crippen LogP contribution < -0.4 is 5.32 Å². The maximum atomic E-state index is 12.1. The Morgan fingerprint density at radius 1 is 1.12 bits per heavy atom. The fraction of sp³-hybridized carbons (Fsp3) is 0.263. The molecule has 0 saturated heterocycles. The number of hydrogen-bond donors (Lipinski definition) is 1. The largest absolute Gasteiger partial charge is 0.410 e. The third-order valence-corrected chi connectivity index (χ3v) is 4.47. The Kier molecular flexibility index (Phi) is 5.37. The van der Waals surface area contributed by atoms with Crippen LogP contribution in [0.2, 0.25) is 0 Å². The number of aromatic nitrogens is 3. The molecule has 26 heavy (non-hydrogen) atoms. The predicted octanol–water partition coefficient (Wildman–Crippen LogP) is 4.16. The fourth-order valence-corrected chi connectivity index (χ4v) is 2.80. The summed E-state index contributed by atoms with van der Waals surface area (Å²) in [6.45, 7) is 6.46. The number of hydrogen-bond acceptors (Lipinski definition) is 6. The van der Waals surface area contributed by atoms with Gasteiger partial charge in [0, 0.05) is 11.9 Å². The quantitative estimate of drug-likeness (QED) is 0.681. The molecule has 134 valence electrons. The summed E-state index contributed by atoms with van der Waals surface area (Å²) in [5.41, 5.74) is 2.68. The zero-order chi connectivity index (χ0) is 18.6. The van der Waals surface area contributed by atoms with Crippen LogP contribution in [0.15, 0.2) is 58.3 Å². The summed E-state index contributed by atoms with van der Waals surface area (Å²) in [6.07, 6.45) is 1.66. The van der Waals surface area contributed by atoms with Crippen molar-refractivity contribution in [2.75, 3.05) is 11.1 Å². The van der Waals surface area contributed by atoms with E-state index in [9.17, 15) is 4.79 Å². The molecule has 0 aliphatic heterocycles. The molecule has 0 aliphatic carbocycles. The molecule has 0 unspecified atom stereocenters. The number of anilines is 1. The van der Waals surface area contributed by atoms with Crippen molar-refractivity contribution >= 4 is 23.4 Å². The van der Waals surface area contributed by atoms with E-state index in [0.717, 1.165) is 5.69 Å². The van der Waals surface area contributed by atoms with Crippen LogP contribution in [0.3, 0.4) is 0 Å². The van der Waals surface area contributed by atoms with Crippen molar-refractivity contribution in [3.63, 3.8) is 0 Å². The van der Waals surface area contributed by atoms with Gasteiger partial charge < -0.3 is 9.73 Å². The number of thioether (sulfide) groups is 1. The van der Waals surface area contributed by atoms with E-state index in [4.69, 9.17) is 4.42 Å². The minimum atomic E-state index is -0.129. The first-order valence-electron chi connectivity index (χ1n) is 8.20. The Hall–Kier alpha value is -2.67. The Morgan fingerprint density at radius 2 is 1.88 bits per heavy atom. The molecule has 6 nitrogen and oxygen atoms in total. The smallest absolute Gasteiger partial charge is 0.277 e. The monoisotopic (exact) mass is 368 g/mol. The normalized spacial score (nSPS) is 11.3. The van der Waals surface area contributed by atoms with Crippen molar-refractivity contribution in [2.24, 2.45) is 0 Å². The second-order valence-electron chi connectivity index (χ2n) is 6.75. The first-order chi connectivity index (χ1) is 12.4. The summed E-state index contributed by atoms with van der Waals surface area (Å²) in [5.74, 6) is 0.396. The lowest BCUT2D eigenvalue weighted by Gasteiger charge is -2.19. The maximum absolute atomic E-state index is 12.1. The van der Waals surface area contributed by atoms with Gasteiger partial charge >= 0.3 is 0 Å². The van der Waals surface area contributed by atoms with Crippen molar-refractivity contribution in [1.82, 2.24) is 15.2 Å². The second kappa shape index (κ2) is 7.70. The first-order valence-corrected chi connectivity index (χ1v) is 9.18. The van der Waals surface area contributed by atoms with E-state index in [2.05, 4.69) is 41.3 Å². The lowest BCUT2D eigenvalue weighted by molar-refractivity contribution is -0.113. The van der Waals surface area contributed by atoms with Crippen LogP contribution in [-0.4, -0.2) is 26.8 Å². The van der Waals surface area contributed by atoms with E-state index in [-0.39, 0.29) is 17.1 Å². The summed E-state index contributed by atoms with van der Waals surface area (Å²) in [4.78, 5) is 16.3. The van der Waals surface area contributed by atoms with Crippen LogP contribution in [0.4, 0.5) is 5.69 Å². The molecule has 1 amide bonds. The zero-order valence-corrected chi connectivity index (χ0v) is 15.7. The highest BCUT2D eigenvalue weighted by molar-refractivity contribution is 7.99. The van der Waals surface area contributed by atoms with Crippen molar-refractivity contribution in [3.05, 3.63) is 54.2 Å². The number of amides is 1. The van der Waals surface area contributed by atoms with Gasteiger partial charge in [0.1, 0.15) is 5.69 Å². The minimum absolute atomic E-state index is 0.0850. The minimum Gasteiger partial charge on any atom is -0.410 e. The number of carbonyl (C=O) groups is 1. The lowest BCUT2D eigenvalue weighted by atomic mass is 9.87. The Bertz CT molecular complexity index is 871. The highest BCUT2D eigenvalue weighted by Crippen LogP contribution is 2.24. The third kappa shape index (κ3) is 4.70. The Morgan fingerprint density at radius 3 is 2.54 bits per heavy atom. The molecule has 7 heteroatoms. The van der Waals surface area contributed by atoms with Crippen molar-refractivity contribution in [1.29, 1.82) is 0 Å². The molecule has 2 heterocycles. The molecule has 0 aliphatic rings. The Balaban J connectivity index is 1.54. The van der Waals surface area contributed by atoms with Gasteiger partial charge in [-0.15, -0.1) is 10.2 Å². The average Bonchev–Trinajstić information content (AvgIpc) is 3.09. The Labute approximate surface area is 156 Å². The van der Waals surface area contributed by atoms with Crippen molar-refractivity contribution in [3.8, 4) is 11.6 Å². The fourth-order valence-electron chi connectivity index (χ4n) is 2.24. The van der Waals surface area contributed by atoms with Crippen LogP contribution in [0, 0.1) is 0 Å². The molecule has 1 N–H and O–H groups in total. The maximum Gasteiger partial charge on any atom is 0.277 e. The number of nitrogens with one attached hydrogen (secondary N) is 1. The van der Waals surface area contributed by atoms with Gasteiger partial charge in [-0.3, -0.25) is 9.78 Å². The number of nitrogens with zero attached hydrogens (tertiary/aromatic N) is 3. The molecule has 0 atom stereocenters. The van der Waals surface area contributed by atoms with E-state index < -0.39 is 0 Å². The van der Waals surface area contributed by atoms with Gasteiger partial charge in [-0.1, -0.05) is 50.7 Å². The van der Waals surface area contributed by atoms with Gasteiger partial charge in [0.2, 0.25) is 5.91 Å². The van der Waals surface area contributed by atoms with E-state index in [1.54, 1.807) is 12.3 Å². The van der Waals surface area contributed by atoms with Crippen LogP contribution >= 0.6 is 11.8 Å².